The van der Waals surface area contributed by atoms with E-state index < -0.39 is 10.2 Å². The van der Waals surface area contributed by atoms with Crippen LogP contribution in [-0.2, 0) is 17.3 Å². The van der Waals surface area contributed by atoms with Gasteiger partial charge in [-0.3, -0.25) is 4.72 Å². The lowest BCUT2D eigenvalue weighted by molar-refractivity contribution is 0.564. The Bertz CT molecular complexity index is 492. The predicted molar refractivity (Wildman–Crippen MR) is 67.7 cm³/mol. The molecule has 4 N–H and O–H groups in total. The number of nitrogen functional groups attached to an aromatic ring is 1. The zero-order valence-electron chi connectivity index (χ0n) is 10.5. The third-order valence-corrected chi connectivity index (χ3v) is 3.19. The first-order valence-electron chi connectivity index (χ1n) is 5.29. The molecular weight excluding hydrogens is 242 g/mol. The van der Waals surface area contributed by atoms with Crippen LogP contribution < -0.4 is 15.2 Å². The number of rotatable bonds is 5. The second kappa shape index (κ2) is 4.92. The highest BCUT2D eigenvalue weighted by molar-refractivity contribution is 7.90. The minimum Gasteiger partial charge on any atom is -0.394 e. The summed E-state index contributed by atoms with van der Waals surface area (Å²) in [5.41, 5.74) is 6.66. The van der Waals surface area contributed by atoms with Crippen molar-refractivity contribution in [2.75, 3.05) is 17.0 Å². The molecule has 0 spiro atoms. The largest absolute Gasteiger partial charge is 0.394 e. The molecular formula is C9H19N5O2S. The molecule has 0 aliphatic rings. The Balaban J connectivity index is 2.83. The van der Waals surface area contributed by atoms with E-state index in [1.54, 1.807) is 14.0 Å². The van der Waals surface area contributed by atoms with Gasteiger partial charge in [-0.05, 0) is 12.8 Å². The molecule has 0 radical (unpaired) electrons. The number of hydrogen-bond acceptors (Lipinski definition) is 4. The summed E-state index contributed by atoms with van der Waals surface area (Å²) in [7, 11) is -1.97. The van der Waals surface area contributed by atoms with E-state index >= 15 is 0 Å². The SMILES string of the molecule is Cc1nn(C)c(NS(=O)(=O)NCC(C)C)c1N. The summed E-state index contributed by atoms with van der Waals surface area (Å²) >= 11 is 0. The van der Waals surface area contributed by atoms with Crippen molar-refractivity contribution in [3.05, 3.63) is 5.69 Å². The molecule has 1 aromatic rings. The van der Waals surface area contributed by atoms with Crippen LogP contribution in [0.15, 0.2) is 0 Å². The van der Waals surface area contributed by atoms with Crippen LogP contribution in [0.2, 0.25) is 0 Å². The molecule has 0 bridgehead atoms. The van der Waals surface area contributed by atoms with Crippen molar-refractivity contribution in [1.29, 1.82) is 0 Å². The van der Waals surface area contributed by atoms with Gasteiger partial charge in [-0.2, -0.15) is 18.2 Å². The maximum atomic E-state index is 11.7. The average Bonchev–Trinajstić information content (AvgIpc) is 2.42. The second-order valence-electron chi connectivity index (χ2n) is 4.32. The molecule has 0 aromatic carbocycles. The van der Waals surface area contributed by atoms with Crippen LogP contribution in [-0.4, -0.2) is 24.7 Å². The first-order chi connectivity index (χ1) is 7.73. The van der Waals surface area contributed by atoms with Crippen LogP contribution in [0, 0.1) is 12.8 Å². The molecule has 0 saturated heterocycles. The Labute approximate surface area is 102 Å². The lowest BCUT2D eigenvalue weighted by atomic mass is 10.2. The fraction of sp³-hybridized carbons (Fsp3) is 0.667. The fourth-order valence-electron chi connectivity index (χ4n) is 1.24. The number of nitrogens with two attached hydrogens (primary N) is 1. The third-order valence-electron chi connectivity index (χ3n) is 2.18. The number of nitrogens with zero attached hydrogens (tertiary/aromatic N) is 2. The highest BCUT2D eigenvalue weighted by Gasteiger charge is 2.16. The van der Waals surface area contributed by atoms with Crippen LogP contribution in [0.1, 0.15) is 19.5 Å². The van der Waals surface area contributed by atoms with Crippen LogP contribution >= 0.6 is 0 Å². The van der Waals surface area contributed by atoms with Crippen molar-refractivity contribution >= 4 is 21.7 Å². The number of anilines is 2. The topological polar surface area (TPSA) is 102 Å². The summed E-state index contributed by atoms with van der Waals surface area (Å²) in [4.78, 5) is 0. The van der Waals surface area contributed by atoms with E-state index in [4.69, 9.17) is 5.73 Å². The summed E-state index contributed by atoms with van der Waals surface area (Å²) in [6.07, 6.45) is 0. The molecule has 0 amide bonds. The summed E-state index contributed by atoms with van der Waals surface area (Å²) in [5, 5.41) is 4.03. The van der Waals surface area contributed by atoms with Crippen LogP contribution in [0.25, 0.3) is 0 Å². The standard InChI is InChI=1S/C9H19N5O2S/c1-6(2)5-11-17(15,16)13-9-8(10)7(3)12-14(9)4/h6,11,13H,5,10H2,1-4H3. The molecule has 17 heavy (non-hydrogen) atoms. The minimum absolute atomic E-state index is 0.234. The third kappa shape index (κ3) is 3.60. The van der Waals surface area contributed by atoms with Crippen molar-refractivity contribution in [3.63, 3.8) is 0 Å². The van der Waals surface area contributed by atoms with Gasteiger partial charge in [0.2, 0.25) is 0 Å². The van der Waals surface area contributed by atoms with Crippen molar-refractivity contribution in [1.82, 2.24) is 14.5 Å². The highest BCUT2D eigenvalue weighted by Crippen LogP contribution is 2.21. The van der Waals surface area contributed by atoms with Gasteiger partial charge >= 0.3 is 0 Å². The first-order valence-corrected chi connectivity index (χ1v) is 6.77. The number of aryl methyl sites for hydroxylation is 2. The molecule has 0 unspecified atom stereocenters. The minimum atomic E-state index is -3.60. The summed E-state index contributed by atoms with van der Waals surface area (Å²) in [6.45, 7) is 5.93. The average molecular weight is 261 g/mol. The molecule has 0 aliphatic carbocycles. The molecule has 1 aromatic heterocycles. The normalized spacial score (nSPS) is 12.1. The van der Waals surface area contributed by atoms with Crippen molar-refractivity contribution in [2.45, 2.75) is 20.8 Å². The summed E-state index contributed by atoms with van der Waals surface area (Å²) in [5.74, 6) is 0.510. The highest BCUT2D eigenvalue weighted by atomic mass is 32.2. The molecule has 98 valence electrons. The summed E-state index contributed by atoms with van der Waals surface area (Å²) < 4.78 is 29.6. The number of aromatic nitrogens is 2. The zero-order valence-corrected chi connectivity index (χ0v) is 11.3. The summed E-state index contributed by atoms with van der Waals surface area (Å²) in [6, 6.07) is 0. The smallest absolute Gasteiger partial charge is 0.300 e. The van der Waals surface area contributed by atoms with Gasteiger partial charge in [-0.25, -0.2) is 4.68 Å². The molecule has 1 heterocycles. The van der Waals surface area contributed by atoms with E-state index in [1.807, 2.05) is 13.8 Å². The van der Waals surface area contributed by atoms with Crippen LogP contribution in [0.5, 0.6) is 0 Å². The lowest BCUT2D eigenvalue weighted by Crippen LogP contribution is -2.33. The van der Waals surface area contributed by atoms with Gasteiger partial charge in [0, 0.05) is 13.6 Å². The quantitative estimate of drug-likeness (QED) is 0.705. The maximum absolute atomic E-state index is 11.7. The predicted octanol–water partition coefficient (Wildman–Crippen LogP) is 0.213. The maximum Gasteiger partial charge on any atom is 0.300 e. The molecule has 7 nitrogen and oxygen atoms in total. The van der Waals surface area contributed by atoms with Crippen LogP contribution in [0.4, 0.5) is 11.5 Å². The van der Waals surface area contributed by atoms with Gasteiger partial charge in [0.1, 0.15) is 0 Å². The van der Waals surface area contributed by atoms with Gasteiger partial charge in [-0.1, -0.05) is 13.8 Å². The van der Waals surface area contributed by atoms with E-state index in [-0.39, 0.29) is 11.7 Å². The van der Waals surface area contributed by atoms with Crippen LogP contribution in [0.3, 0.4) is 0 Å². The van der Waals surface area contributed by atoms with Gasteiger partial charge < -0.3 is 5.73 Å². The lowest BCUT2D eigenvalue weighted by Gasteiger charge is -2.11. The molecule has 0 saturated carbocycles. The van der Waals surface area contributed by atoms with Crippen molar-refractivity contribution in [2.24, 2.45) is 13.0 Å². The van der Waals surface area contributed by atoms with Gasteiger partial charge in [0.15, 0.2) is 5.82 Å². The Hall–Kier alpha value is -1.28. The van der Waals surface area contributed by atoms with Gasteiger partial charge in [0.25, 0.3) is 10.2 Å². The molecule has 0 atom stereocenters. The van der Waals surface area contributed by atoms with Crippen molar-refractivity contribution in [3.8, 4) is 0 Å². The Kier molecular flexibility index (Phi) is 3.99. The van der Waals surface area contributed by atoms with E-state index in [1.165, 1.54) is 4.68 Å². The number of hydrogen-bond donors (Lipinski definition) is 3. The monoisotopic (exact) mass is 261 g/mol. The van der Waals surface area contributed by atoms with E-state index in [0.717, 1.165) is 0 Å². The second-order valence-corrected chi connectivity index (χ2v) is 5.82. The molecule has 1 rings (SSSR count). The molecule has 0 aliphatic heterocycles. The zero-order chi connectivity index (χ0) is 13.2. The molecule has 0 fully saturated rings. The van der Waals surface area contributed by atoms with Gasteiger partial charge in [-0.15, -0.1) is 0 Å². The Morgan fingerprint density at radius 1 is 1.47 bits per heavy atom. The van der Waals surface area contributed by atoms with Gasteiger partial charge in [0.05, 0.1) is 11.4 Å². The fourth-order valence-corrected chi connectivity index (χ4v) is 2.36. The van der Waals surface area contributed by atoms with E-state index in [9.17, 15) is 8.42 Å². The van der Waals surface area contributed by atoms with Crippen molar-refractivity contribution < 1.29 is 8.42 Å². The Morgan fingerprint density at radius 3 is 2.47 bits per heavy atom. The van der Waals surface area contributed by atoms with E-state index in [2.05, 4.69) is 14.5 Å². The molecule has 8 heteroatoms. The first kappa shape index (κ1) is 13.8. The number of nitrogens with one attached hydrogen (secondary N) is 2. The van der Waals surface area contributed by atoms with E-state index in [0.29, 0.717) is 17.9 Å². The Morgan fingerprint density at radius 2 is 2.06 bits per heavy atom.